The Morgan fingerprint density at radius 1 is 1.15 bits per heavy atom. The Labute approximate surface area is 153 Å². The van der Waals surface area contributed by atoms with E-state index in [2.05, 4.69) is 5.10 Å². The SMILES string of the molecule is Cc1nn(C)c(C)c1CCC(=O)OCC(=O)N1CCN(S(C)(=O)=O)CC1. The van der Waals surface area contributed by atoms with Gasteiger partial charge in [-0.05, 0) is 25.8 Å². The number of amides is 1. The normalized spacial score (nSPS) is 15.9. The molecule has 0 radical (unpaired) electrons. The van der Waals surface area contributed by atoms with Gasteiger partial charge in [0.2, 0.25) is 10.0 Å². The van der Waals surface area contributed by atoms with Crippen LogP contribution < -0.4 is 0 Å². The minimum atomic E-state index is -3.24. The van der Waals surface area contributed by atoms with Crippen molar-refractivity contribution in [2.45, 2.75) is 26.7 Å². The second-order valence-corrected chi connectivity index (χ2v) is 8.46. The molecule has 1 saturated heterocycles. The van der Waals surface area contributed by atoms with Crippen LogP contribution in [0.15, 0.2) is 0 Å². The topological polar surface area (TPSA) is 102 Å². The van der Waals surface area contributed by atoms with E-state index in [9.17, 15) is 18.0 Å². The maximum Gasteiger partial charge on any atom is 0.306 e. The van der Waals surface area contributed by atoms with Gasteiger partial charge in [0.05, 0.1) is 11.9 Å². The molecule has 0 saturated carbocycles. The Balaban J connectivity index is 1.75. The number of sulfonamides is 1. The third-order valence-electron chi connectivity index (χ3n) is 4.65. The first-order valence-electron chi connectivity index (χ1n) is 8.47. The standard InChI is InChI=1S/C16H26N4O5S/c1-12-14(13(2)18(3)17-12)5-6-16(22)25-11-15(21)19-7-9-20(10-8-19)26(4,23)24/h5-11H2,1-4H3. The van der Waals surface area contributed by atoms with E-state index in [1.54, 1.807) is 4.68 Å². The molecule has 1 aromatic rings. The molecule has 0 aliphatic carbocycles. The number of piperazine rings is 1. The summed E-state index contributed by atoms with van der Waals surface area (Å²) in [6, 6.07) is 0. The first-order valence-corrected chi connectivity index (χ1v) is 10.3. The lowest BCUT2D eigenvalue weighted by atomic mass is 10.1. The van der Waals surface area contributed by atoms with Crippen molar-refractivity contribution in [2.75, 3.05) is 39.0 Å². The summed E-state index contributed by atoms with van der Waals surface area (Å²) in [6.45, 7) is 4.65. The second kappa shape index (κ2) is 8.17. The number of aromatic nitrogens is 2. The van der Waals surface area contributed by atoms with Crippen molar-refractivity contribution in [1.82, 2.24) is 19.0 Å². The first-order chi connectivity index (χ1) is 12.1. The summed E-state index contributed by atoms with van der Waals surface area (Å²) in [5.74, 6) is -0.740. The molecule has 9 nitrogen and oxygen atoms in total. The predicted molar refractivity (Wildman–Crippen MR) is 95.0 cm³/mol. The summed E-state index contributed by atoms with van der Waals surface area (Å²) in [5.41, 5.74) is 2.92. The van der Waals surface area contributed by atoms with Crippen LogP contribution in [0.1, 0.15) is 23.4 Å². The Morgan fingerprint density at radius 3 is 2.27 bits per heavy atom. The van der Waals surface area contributed by atoms with Crippen molar-refractivity contribution in [1.29, 1.82) is 0 Å². The molecule has 0 atom stereocenters. The van der Waals surface area contributed by atoms with E-state index in [1.165, 1.54) is 9.21 Å². The minimum absolute atomic E-state index is 0.183. The van der Waals surface area contributed by atoms with Crippen LogP contribution in [0.4, 0.5) is 0 Å². The highest BCUT2D eigenvalue weighted by Gasteiger charge is 2.26. The first kappa shape index (κ1) is 20.4. The van der Waals surface area contributed by atoms with Crippen molar-refractivity contribution < 1.29 is 22.7 Å². The van der Waals surface area contributed by atoms with Gasteiger partial charge in [0.25, 0.3) is 5.91 Å². The van der Waals surface area contributed by atoms with Gasteiger partial charge >= 0.3 is 5.97 Å². The molecule has 146 valence electrons. The van der Waals surface area contributed by atoms with E-state index >= 15 is 0 Å². The Bertz CT molecular complexity index is 779. The number of carbonyl (C=O) groups excluding carboxylic acids is 2. The molecule has 1 fully saturated rings. The molecule has 1 aliphatic rings. The van der Waals surface area contributed by atoms with Crippen molar-refractivity contribution in [2.24, 2.45) is 7.05 Å². The van der Waals surface area contributed by atoms with Crippen molar-refractivity contribution in [3.05, 3.63) is 17.0 Å². The Morgan fingerprint density at radius 2 is 1.77 bits per heavy atom. The van der Waals surface area contributed by atoms with E-state index < -0.39 is 16.0 Å². The average Bonchev–Trinajstić information content (AvgIpc) is 2.82. The highest BCUT2D eigenvalue weighted by atomic mass is 32.2. The van der Waals surface area contributed by atoms with Crippen LogP contribution in [0.3, 0.4) is 0 Å². The van der Waals surface area contributed by atoms with Crippen LogP contribution in [-0.2, 0) is 37.8 Å². The molecule has 10 heteroatoms. The summed E-state index contributed by atoms with van der Waals surface area (Å²) in [6.07, 6.45) is 1.85. The molecule has 2 heterocycles. The van der Waals surface area contributed by atoms with E-state index in [-0.39, 0.29) is 32.0 Å². The Hall–Kier alpha value is -1.94. The number of ether oxygens (including phenoxy) is 1. The zero-order valence-corrected chi connectivity index (χ0v) is 16.5. The number of hydrogen-bond acceptors (Lipinski definition) is 6. The molecule has 1 aromatic heterocycles. The number of nitrogens with zero attached hydrogens (tertiary/aromatic N) is 4. The van der Waals surface area contributed by atoms with Gasteiger partial charge in [-0.3, -0.25) is 14.3 Å². The fourth-order valence-corrected chi connectivity index (χ4v) is 3.81. The van der Waals surface area contributed by atoms with Gasteiger partial charge < -0.3 is 9.64 Å². The number of rotatable bonds is 6. The molecule has 0 bridgehead atoms. The van der Waals surface area contributed by atoms with Gasteiger partial charge in [-0.1, -0.05) is 0 Å². The zero-order valence-electron chi connectivity index (χ0n) is 15.7. The van der Waals surface area contributed by atoms with Crippen LogP contribution in [0, 0.1) is 13.8 Å². The number of carbonyl (C=O) groups is 2. The highest BCUT2D eigenvalue weighted by Crippen LogP contribution is 2.14. The van der Waals surface area contributed by atoms with Gasteiger partial charge in [0.1, 0.15) is 0 Å². The molecule has 26 heavy (non-hydrogen) atoms. The molecule has 1 amide bonds. The van der Waals surface area contributed by atoms with E-state index in [0.29, 0.717) is 19.5 Å². The fraction of sp³-hybridized carbons (Fsp3) is 0.688. The largest absolute Gasteiger partial charge is 0.456 e. The molecule has 1 aliphatic heterocycles. The lowest BCUT2D eigenvalue weighted by Gasteiger charge is -2.33. The fourth-order valence-electron chi connectivity index (χ4n) is 2.98. The molecule has 0 aromatic carbocycles. The molecular formula is C16H26N4O5S. The molecule has 2 rings (SSSR count). The van der Waals surface area contributed by atoms with Crippen LogP contribution in [0.2, 0.25) is 0 Å². The highest BCUT2D eigenvalue weighted by molar-refractivity contribution is 7.88. The third kappa shape index (κ3) is 5.04. The number of hydrogen-bond donors (Lipinski definition) is 0. The van der Waals surface area contributed by atoms with Crippen molar-refractivity contribution >= 4 is 21.9 Å². The van der Waals surface area contributed by atoms with Gasteiger partial charge in [-0.15, -0.1) is 0 Å². The average molecular weight is 386 g/mol. The second-order valence-electron chi connectivity index (χ2n) is 6.48. The summed E-state index contributed by atoms with van der Waals surface area (Å²) in [4.78, 5) is 25.5. The van der Waals surface area contributed by atoms with Crippen LogP contribution >= 0.6 is 0 Å². The molecular weight excluding hydrogens is 360 g/mol. The van der Waals surface area contributed by atoms with Crippen LogP contribution in [-0.4, -0.2) is 78.3 Å². The Kier molecular flexibility index (Phi) is 6.40. The summed E-state index contributed by atoms with van der Waals surface area (Å²) in [7, 11) is -1.38. The summed E-state index contributed by atoms with van der Waals surface area (Å²) in [5, 5.41) is 4.30. The zero-order chi connectivity index (χ0) is 19.5. The number of aryl methyl sites for hydroxylation is 2. The van der Waals surface area contributed by atoms with Gasteiger partial charge in [0, 0.05) is 45.3 Å². The maximum absolute atomic E-state index is 12.1. The van der Waals surface area contributed by atoms with E-state index in [1.807, 2.05) is 20.9 Å². The van der Waals surface area contributed by atoms with Crippen LogP contribution in [0.25, 0.3) is 0 Å². The van der Waals surface area contributed by atoms with Gasteiger partial charge in [0.15, 0.2) is 6.61 Å². The monoisotopic (exact) mass is 386 g/mol. The third-order valence-corrected chi connectivity index (χ3v) is 5.96. The minimum Gasteiger partial charge on any atom is -0.456 e. The molecule has 0 spiro atoms. The molecule has 0 unspecified atom stereocenters. The smallest absolute Gasteiger partial charge is 0.306 e. The van der Waals surface area contributed by atoms with Gasteiger partial charge in [-0.2, -0.15) is 9.40 Å². The summed E-state index contributed by atoms with van der Waals surface area (Å²) < 4.78 is 31.1. The lowest BCUT2D eigenvalue weighted by Crippen LogP contribution is -2.51. The van der Waals surface area contributed by atoms with Gasteiger partial charge in [-0.25, -0.2) is 8.42 Å². The predicted octanol–water partition coefficient (Wildman–Crippen LogP) is -0.383. The van der Waals surface area contributed by atoms with E-state index in [4.69, 9.17) is 4.74 Å². The van der Waals surface area contributed by atoms with Crippen LogP contribution in [0.5, 0.6) is 0 Å². The quantitative estimate of drug-likeness (QED) is 0.618. The molecule has 0 N–H and O–H groups in total. The maximum atomic E-state index is 12.1. The van der Waals surface area contributed by atoms with Crippen molar-refractivity contribution in [3.63, 3.8) is 0 Å². The van der Waals surface area contributed by atoms with Crippen molar-refractivity contribution in [3.8, 4) is 0 Å². The van der Waals surface area contributed by atoms with E-state index in [0.717, 1.165) is 23.2 Å². The summed E-state index contributed by atoms with van der Waals surface area (Å²) >= 11 is 0. The number of esters is 1. The lowest BCUT2D eigenvalue weighted by molar-refractivity contribution is -0.152.